The number of benzene rings is 2. The van der Waals surface area contributed by atoms with Gasteiger partial charge in [-0.1, -0.05) is 48.5 Å². The van der Waals surface area contributed by atoms with Gasteiger partial charge in [0.1, 0.15) is 0 Å². The summed E-state index contributed by atoms with van der Waals surface area (Å²) in [5.41, 5.74) is 2.84. The third-order valence-corrected chi connectivity index (χ3v) is 6.90. The van der Waals surface area contributed by atoms with Crippen LogP contribution in [0.15, 0.2) is 66.9 Å². The van der Waals surface area contributed by atoms with Crippen molar-refractivity contribution in [2.45, 2.75) is 37.1 Å². The second kappa shape index (κ2) is 7.84. The predicted molar refractivity (Wildman–Crippen MR) is 120 cm³/mol. The van der Waals surface area contributed by atoms with Gasteiger partial charge >= 0.3 is 0 Å². The zero-order chi connectivity index (χ0) is 20.6. The van der Waals surface area contributed by atoms with Gasteiger partial charge in [0, 0.05) is 25.2 Å². The lowest BCUT2D eigenvalue weighted by Gasteiger charge is -2.34. The first kappa shape index (κ1) is 19.3. The Morgan fingerprint density at radius 2 is 1.77 bits per heavy atom. The highest BCUT2D eigenvalue weighted by atomic mass is 16.2. The Labute approximate surface area is 178 Å². The minimum absolute atomic E-state index is 0.0719. The number of likely N-dealkylation sites (tertiary alicyclic amines) is 1. The molecule has 30 heavy (non-hydrogen) atoms. The molecule has 1 amide bonds. The number of carbonyl (C=O) groups excluding carboxylic acids is 1. The summed E-state index contributed by atoms with van der Waals surface area (Å²) in [4.78, 5) is 23.0. The smallest absolute Gasteiger partial charge is 0.233 e. The van der Waals surface area contributed by atoms with Gasteiger partial charge in [-0.25, -0.2) is 0 Å². The molecular weight excluding hydrogens is 370 g/mol. The molecule has 154 valence electrons. The van der Waals surface area contributed by atoms with Crippen LogP contribution in [0.2, 0.25) is 0 Å². The summed E-state index contributed by atoms with van der Waals surface area (Å²) >= 11 is 0. The molecule has 3 aromatic rings. The number of nitrogens with zero attached hydrogens (tertiary/aromatic N) is 3. The van der Waals surface area contributed by atoms with Crippen molar-refractivity contribution in [3.63, 3.8) is 0 Å². The second-order valence-corrected chi connectivity index (χ2v) is 8.85. The highest BCUT2D eigenvalue weighted by Crippen LogP contribution is 2.50. The number of carbonyl (C=O) groups is 1. The fourth-order valence-electron chi connectivity index (χ4n) is 4.90. The van der Waals surface area contributed by atoms with Gasteiger partial charge in [0.25, 0.3) is 0 Å². The largest absolute Gasteiger partial charge is 0.337 e. The van der Waals surface area contributed by atoms with Crippen LogP contribution in [0.4, 0.5) is 0 Å². The SMILES string of the molecule is CN(C(=O)C1(c2cnc3ccccc3c2)CC1)C(CN1CCCC1)c1ccccc1. The average Bonchev–Trinajstić information content (AvgIpc) is 3.45. The molecule has 0 radical (unpaired) electrons. The number of para-hydroxylation sites is 1. The van der Waals surface area contributed by atoms with E-state index in [1.54, 1.807) is 0 Å². The lowest BCUT2D eigenvalue weighted by molar-refractivity contribution is -0.135. The Morgan fingerprint density at radius 3 is 2.50 bits per heavy atom. The quantitative estimate of drug-likeness (QED) is 0.610. The minimum Gasteiger partial charge on any atom is -0.337 e. The molecule has 1 saturated carbocycles. The summed E-state index contributed by atoms with van der Waals surface area (Å²) in [6.07, 6.45) is 6.24. The van der Waals surface area contributed by atoms with Crippen molar-refractivity contribution in [3.8, 4) is 0 Å². The number of amides is 1. The van der Waals surface area contributed by atoms with Crippen LogP contribution in [0.25, 0.3) is 10.9 Å². The predicted octanol–water partition coefficient (Wildman–Crippen LogP) is 4.56. The number of aromatic nitrogens is 1. The lowest BCUT2D eigenvalue weighted by Crippen LogP contribution is -2.43. The summed E-state index contributed by atoms with van der Waals surface area (Å²) in [6, 6.07) is 20.9. The van der Waals surface area contributed by atoms with Crippen molar-refractivity contribution < 1.29 is 4.79 Å². The van der Waals surface area contributed by atoms with E-state index in [-0.39, 0.29) is 11.9 Å². The molecular formula is C26H29N3O. The van der Waals surface area contributed by atoms with E-state index in [1.807, 2.05) is 42.4 Å². The molecule has 4 nitrogen and oxygen atoms in total. The Hall–Kier alpha value is -2.72. The van der Waals surface area contributed by atoms with Crippen molar-refractivity contribution >= 4 is 16.8 Å². The van der Waals surface area contributed by atoms with Gasteiger partial charge in [-0.3, -0.25) is 9.78 Å². The van der Waals surface area contributed by atoms with Crippen molar-refractivity contribution in [3.05, 3.63) is 78.0 Å². The van der Waals surface area contributed by atoms with Gasteiger partial charge in [-0.15, -0.1) is 0 Å². The number of rotatable bonds is 6. The topological polar surface area (TPSA) is 36.4 Å². The number of hydrogen-bond donors (Lipinski definition) is 0. The fourth-order valence-corrected chi connectivity index (χ4v) is 4.90. The molecule has 4 heteroatoms. The van der Waals surface area contributed by atoms with Crippen molar-refractivity contribution in [2.75, 3.05) is 26.7 Å². The van der Waals surface area contributed by atoms with Crippen molar-refractivity contribution in [1.29, 1.82) is 0 Å². The maximum absolute atomic E-state index is 13.8. The third-order valence-electron chi connectivity index (χ3n) is 6.90. The number of pyridine rings is 1. The monoisotopic (exact) mass is 399 g/mol. The van der Waals surface area contributed by atoms with Crippen LogP contribution in [0.5, 0.6) is 0 Å². The average molecular weight is 400 g/mol. The molecule has 1 aliphatic carbocycles. The summed E-state index contributed by atoms with van der Waals surface area (Å²) in [7, 11) is 1.99. The van der Waals surface area contributed by atoms with Crippen molar-refractivity contribution in [2.24, 2.45) is 0 Å². The number of likely N-dealkylation sites (N-methyl/N-ethyl adjacent to an activating group) is 1. The van der Waals surface area contributed by atoms with Crippen LogP contribution in [-0.4, -0.2) is 47.4 Å². The molecule has 1 aliphatic heterocycles. The standard InChI is InChI=1S/C26H29N3O/c1-28(24(19-29-15-7-8-16-29)20-9-3-2-4-10-20)25(30)26(13-14-26)22-17-21-11-5-6-12-23(21)27-18-22/h2-6,9-12,17-18,24H,7-8,13-16,19H2,1H3. The van der Waals surface area contributed by atoms with Crippen LogP contribution < -0.4 is 0 Å². The summed E-state index contributed by atoms with van der Waals surface area (Å²) in [5.74, 6) is 0.229. The Bertz CT molecular complexity index is 1040. The Balaban J connectivity index is 1.44. The maximum atomic E-state index is 13.8. The molecule has 2 aliphatic rings. The molecule has 2 fully saturated rings. The van der Waals surface area contributed by atoms with Crippen LogP contribution in [0.3, 0.4) is 0 Å². The molecule has 1 saturated heterocycles. The molecule has 1 atom stereocenters. The molecule has 0 spiro atoms. The van der Waals surface area contributed by atoms with Gasteiger partial charge in [-0.05, 0) is 62.0 Å². The molecule has 2 aromatic carbocycles. The van der Waals surface area contributed by atoms with Gasteiger partial charge in [0.05, 0.1) is 17.0 Å². The van der Waals surface area contributed by atoms with Crippen molar-refractivity contribution in [1.82, 2.24) is 14.8 Å². The van der Waals surface area contributed by atoms with E-state index >= 15 is 0 Å². The summed E-state index contributed by atoms with van der Waals surface area (Å²) in [5, 5.41) is 1.11. The molecule has 2 heterocycles. The highest BCUT2D eigenvalue weighted by Gasteiger charge is 2.53. The van der Waals surface area contributed by atoms with Gasteiger partial charge < -0.3 is 9.80 Å². The third kappa shape index (κ3) is 3.50. The van der Waals surface area contributed by atoms with E-state index in [1.165, 1.54) is 18.4 Å². The number of hydrogen-bond acceptors (Lipinski definition) is 3. The van der Waals surface area contributed by atoms with E-state index in [0.29, 0.717) is 0 Å². The van der Waals surface area contributed by atoms with E-state index in [2.05, 4.69) is 46.3 Å². The molecule has 0 bridgehead atoms. The van der Waals surface area contributed by atoms with Crippen LogP contribution in [0, 0.1) is 0 Å². The van der Waals surface area contributed by atoms with Gasteiger partial charge in [0.2, 0.25) is 5.91 Å². The first-order valence-electron chi connectivity index (χ1n) is 11.1. The minimum atomic E-state index is -0.413. The maximum Gasteiger partial charge on any atom is 0.233 e. The summed E-state index contributed by atoms with van der Waals surface area (Å²) < 4.78 is 0. The Kier molecular flexibility index (Phi) is 5.03. The fraction of sp³-hybridized carbons (Fsp3) is 0.385. The number of fused-ring (bicyclic) bond motifs is 1. The lowest BCUT2D eigenvalue weighted by atomic mass is 9.93. The van der Waals surface area contributed by atoms with Crippen LogP contribution in [0.1, 0.15) is 42.9 Å². The Morgan fingerprint density at radius 1 is 1.07 bits per heavy atom. The van der Waals surface area contributed by atoms with Crippen LogP contribution in [-0.2, 0) is 10.2 Å². The first-order chi connectivity index (χ1) is 14.7. The highest BCUT2D eigenvalue weighted by molar-refractivity contribution is 5.92. The zero-order valence-electron chi connectivity index (χ0n) is 17.6. The molecule has 5 rings (SSSR count). The van der Waals surface area contributed by atoms with Gasteiger partial charge in [0.15, 0.2) is 0 Å². The van der Waals surface area contributed by atoms with Gasteiger partial charge in [-0.2, -0.15) is 0 Å². The van der Waals surface area contributed by atoms with E-state index in [0.717, 1.165) is 48.9 Å². The van der Waals surface area contributed by atoms with Crippen LogP contribution >= 0.6 is 0 Å². The van der Waals surface area contributed by atoms with E-state index < -0.39 is 5.41 Å². The molecule has 0 N–H and O–H groups in total. The van der Waals surface area contributed by atoms with E-state index in [4.69, 9.17) is 0 Å². The zero-order valence-corrected chi connectivity index (χ0v) is 17.6. The van der Waals surface area contributed by atoms with E-state index in [9.17, 15) is 4.79 Å². The molecule has 1 unspecified atom stereocenters. The first-order valence-corrected chi connectivity index (χ1v) is 11.1. The summed E-state index contributed by atoms with van der Waals surface area (Å²) in [6.45, 7) is 3.16. The second-order valence-electron chi connectivity index (χ2n) is 8.85. The molecule has 1 aromatic heterocycles. The normalized spacial score (nSPS) is 19.0.